The van der Waals surface area contributed by atoms with Crippen LogP contribution < -0.4 is 4.74 Å². The zero-order valence-corrected chi connectivity index (χ0v) is 21.7. The molecule has 6 heteroatoms. The van der Waals surface area contributed by atoms with Gasteiger partial charge in [-0.15, -0.1) is 0 Å². The van der Waals surface area contributed by atoms with E-state index < -0.39 is 0 Å². The molecule has 188 valence electrons. The summed E-state index contributed by atoms with van der Waals surface area (Å²) in [4.78, 5) is 18.1. The van der Waals surface area contributed by atoms with E-state index in [9.17, 15) is 4.79 Å². The number of carbonyl (C=O) groups is 1. The smallest absolute Gasteiger partial charge is 0.269 e. The number of hydrogen-bond acceptors (Lipinski definition) is 5. The minimum absolute atomic E-state index is 0.0377. The molecule has 1 amide bonds. The monoisotopic (exact) mass is 493 g/mol. The maximum Gasteiger partial charge on any atom is 0.269 e. The van der Waals surface area contributed by atoms with Crippen molar-refractivity contribution >= 4 is 22.5 Å². The van der Waals surface area contributed by atoms with Crippen LogP contribution in [0.5, 0.6) is 5.75 Å². The SMILES string of the molecule is CCOc1ccc([C@@H]2CC(c3c(C)nc4ccc(C)cc4c3-c3ccccc3)=NN2C(=O)COC)cc1. The molecule has 6 nitrogen and oxygen atoms in total. The highest BCUT2D eigenvalue weighted by Crippen LogP contribution is 2.39. The molecular weight excluding hydrogens is 462 g/mol. The molecule has 1 atom stereocenters. The molecule has 2 heterocycles. The molecule has 1 aliphatic heterocycles. The molecule has 1 aromatic heterocycles. The molecule has 0 saturated carbocycles. The fraction of sp³-hybridized carbons (Fsp3) is 0.258. The van der Waals surface area contributed by atoms with Crippen molar-refractivity contribution in [2.45, 2.75) is 33.2 Å². The van der Waals surface area contributed by atoms with Gasteiger partial charge in [-0.1, -0.05) is 54.1 Å². The lowest BCUT2D eigenvalue weighted by Gasteiger charge is -2.22. The van der Waals surface area contributed by atoms with E-state index >= 15 is 0 Å². The first-order valence-corrected chi connectivity index (χ1v) is 12.6. The van der Waals surface area contributed by atoms with Crippen molar-refractivity contribution < 1.29 is 14.3 Å². The molecule has 0 fully saturated rings. The van der Waals surface area contributed by atoms with Crippen LogP contribution in [0.1, 0.15) is 41.8 Å². The van der Waals surface area contributed by atoms with E-state index in [1.807, 2.05) is 56.3 Å². The van der Waals surface area contributed by atoms with E-state index in [1.54, 1.807) is 5.01 Å². The van der Waals surface area contributed by atoms with Crippen LogP contribution in [-0.4, -0.2) is 41.9 Å². The Bertz CT molecular complexity index is 1460. The first-order chi connectivity index (χ1) is 18.0. The Balaban J connectivity index is 1.67. The second-order valence-corrected chi connectivity index (χ2v) is 9.27. The van der Waals surface area contributed by atoms with Crippen molar-refractivity contribution in [3.63, 3.8) is 0 Å². The van der Waals surface area contributed by atoms with Gasteiger partial charge in [0.05, 0.1) is 23.9 Å². The number of methoxy groups -OCH3 is 1. The summed E-state index contributed by atoms with van der Waals surface area (Å²) in [6, 6.07) is 24.3. The van der Waals surface area contributed by atoms with Gasteiger partial charge in [0.1, 0.15) is 12.4 Å². The fourth-order valence-electron chi connectivity index (χ4n) is 5.05. The van der Waals surface area contributed by atoms with E-state index in [0.717, 1.165) is 50.3 Å². The van der Waals surface area contributed by atoms with Gasteiger partial charge in [-0.25, -0.2) is 5.01 Å². The van der Waals surface area contributed by atoms with Gasteiger partial charge in [0.15, 0.2) is 0 Å². The summed E-state index contributed by atoms with van der Waals surface area (Å²) >= 11 is 0. The van der Waals surface area contributed by atoms with E-state index in [0.29, 0.717) is 13.0 Å². The van der Waals surface area contributed by atoms with Gasteiger partial charge in [0.2, 0.25) is 0 Å². The van der Waals surface area contributed by atoms with Crippen molar-refractivity contribution in [2.24, 2.45) is 5.10 Å². The number of carbonyl (C=O) groups excluding carboxylic acids is 1. The number of aromatic nitrogens is 1. The topological polar surface area (TPSA) is 64.0 Å². The molecule has 0 saturated heterocycles. The van der Waals surface area contributed by atoms with Crippen LogP contribution in [0, 0.1) is 13.8 Å². The summed E-state index contributed by atoms with van der Waals surface area (Å²) in [7, 11) is 1.53. The number of pyridine rings is 1. The Labute approximate surface area is 217 Å². The van der Waals surface area contributed by atoms with Crippen LogP contribution in [0.2, 0.25) is 0 Å². The van der Waals surface area contributed by atoms with Gasteiger partial charge in [-0.3, -0.25) is 9.78 Å². The lowest BCUT2D eigenvalue weighted by molar-refractivity contribution is -0.137. The van der Waals surface area contributed by atoms with E-state index in [-0.39, 0.29) is 18.6 Å². The average Bonchev–Trinajstić information content (AvgIpc) is 3.35. The number of fused-ring (bicyclic) bond motifs is 1. The molecule has 0 N–H and O–H groups in total. The van der Waals surface area contributed by atoms with Gasteiger partial charge in [-0.2, -0.15) is 5.10 Å². The molecule has 0 spiro atoms. The minimum Gasteiger partial charge on any atom is -0.494 e. The highest BCUT2D eigenvalue weighted by atomic mass is 16.5. The van der Waals surface area contributed by atoms with E-state index in [1.165, 1.54) is 12.7 Å². The zero-order valence-electron chi connectivity index (χ0n) is 21.7. The fourth-order valence-corrected chi connectivity index (χ4v) is 5.05. The second-order valence-electron chi connectivity index (χ2n) is 9.27. The normalized spacial score (nSPS) is 15.2. The number of hydrazone groups is 1. The molecule has 0 unspecified atom stereocenters. The molecular formula is C31H31N3O3. The molecule has 1 aliphatic rings. The summed E-state index contributed by atoms with van der Waals surface area (Å²) in [5.41, 5.74) is 8.01. The predicted octanol–water partition coefficient (Wildman–Crippen LogP) is 6.24. The van der Waals surface area contributed by atoms with Crippen LogP contribution >= 0.6 is 0 Å². The number of amides is 1. The Kier molecular flexibility index (Phi) is 7.01. The van der Waals surface area contributed by atoms with Crippen molar-refractivity contribution in [1.29, 1.82) is 0 Å². The number of rotatable bonds is 7. The van der Waals surface area contributed by atoms with Gasteiger partial charge in [0.25, 0.3) is 5.91 Å². The number of nitrogens with zero attached hydrogens (tertiary/aromatic N) is 3. The second kappa shape index (κ2) is 10.5. The highest BCUT2D eigenvalue weighted by Gasteiger charge is 2.35. The standard InChI is InChI=1S/C31H31N3O3/c1-5-37-24-14-12-22(13-15-24)28-18-27(33-34(28)29(35)19-36-4)30-21(3)32-26-16-11-20(2)17-25(26)31(30)23-9-7-6-8-10-23/h6-17,28H,5,18-19H2,1-4H3/t28-/m0/s1. The van der Waals surface area contributed by atoms with Crippen LogP contribution in [0.25, 0.3) is 22.0 Å². The largest absolute Gasteiger partial charge is 0.494 e. The molecule has 5 rings (SSSR count). The van der Waals surface area contributed by atoms with Crippen molar-refractivity contribution in [3.8, 4) is 16.9 Å². The van der Waals surface area contributed by atoms with E-state index in [2.05, 4.69) is 37.3 Å². The summed E-state index contributed by atoms with van der Waals surface area (Å²) in [5, 5.41) is 7.57. The molecule has 4 aromatic rings. The minimum atomic E-state index is -0.246. The van der Waals surface area contributed by atoms with Crippen LogP contribution in [0.3, 0.4) is 0 Å². The predicted molar refractivity (Wildman–Crippen MR) is 147 cm³/mol. The average molecular weight is 494 g/mol. The molecule has 37 heavy (non-hydrogen) atoms. The maximum atomic E-state index is 13.1. The molecule has 0 radical (unpaired) electrons. The summed E-state index contributed by atoms with van der Waals surface area (Å²) in [6.07, 6.45) is 0.573. The van der Waals surface area contributed by atoms with Gasteiger partial charge in [-0.05, 0) is 56.2 Å². The van der Waals surface area contributed by atoms with Crippen molar-refractivity contribution in [3.05, 3.63) is 95.2 Å². The maximum absolute atomic E-state index is 13.1. The quantitative estimate of drug-likeness (QED) is 0.306. The number of hydrogen-bond donors (Lipinski definition) is 0. The lowest BCUT2D eigenvalue weighted by atomic mass is 9.89. The van der Waals surface area contributed by atoms with Crippen LogP contribution in [0.15, 0.2) is 77.9 Å². The van der Waals surface area contributed by atoms with Crippen LogP contribution in [-0.2, 0) is 9.53 Å². The zero-order chi connectivity index (χ0) is 25.9. The van der Waals surface area contributed by atoms with E-state index in [4.69, 9.17) is 19.6 Å². The first-order valence-electron chi connectivity index (χ1n) is 12.6. The third-order valence-corrected chi connectivity index (χ3v) is 6.68. The highest BCUT2D eigenvalue weighted by molar-refractivity contribution is 6.14. The molecule has 0 bridgehead atoms. The third-order valence-electron chi connectivity index (χ3n) is 6.68. The summed E-state index contributed by atoms with van der Waals surface area (Å²) in [6.45, 7) is 6.64. The van der Waals surface area contributed by atoms with Gasteiger partial charge >= 0.3 is 0 Å². The number of ether oxygens (including phenoxy) is 2. The molecule has 3 aromatic carbocycles. The van der Waals surface area contributed by atoms with Crippen molar-refractivity contribution in [2.75, 3.05) is 20.3 Å². The lowest BCUT2D eigenvalue weighted by Crippen LogP contribution is -2.30. The van der Waals surface area contributed by atoms with Gasteiger partial charge in [0, 0.05) is 35.7 Å². The Morgan fingerprint density at radius 3 is 2.46 bits per heavy atom. The Hall–Kier alpha value is -4.03. The first kappa shape index (κ1) is 24.7. The Morgan fingerprint density at radius 1 is 1.00 bits per heavy atom. The number of aryl methyl sites for hydroxylation is 2. The summed E-state index contributed by atoms with van der Waals surface area (Å²) in [5.74, 6) is 0.622. The van der Waals surface area contributed by atoms with Crippen LogP contribution in [0.4, 0.5) is 0 Å². The molecule has 0 aliphatic carbocycles. The van der Waals surface area contributed by atoms with Crippen molar-refractivity contribution in [1.82, 2.24) is 9.99 Å². The third kappa shape index (κ3) is 4.85. The Morgan fingerprint density at radius 2 is 1.76 bits per heavy atom. The number of benzene rings is 3. The summed E-state index contributed by atoms with van der Waals surface area (Å²) < 4.78 is 10.8. The van der Waals surface area contributed by atoms with Gasteiger partial charge < -0.3 is 9.47 Å².